The molecule has 1 spiro atoms. The van der Waals surface area contributed by atoms with E-state index in [1.807, 2.05) is 0 Å². The molecule has 1 aliphatic carbocycles. The van der Waals surface area contributed by atoms with Gasteiger partial charge in [0.1, 0.15) is 0 Å². The van der Waals surface area contributed by atoms with Crippen LogP contribution in [0.4, 0.5) is 0 Å². The van der Waals surface area contributed by atoms with Crippen molar-refractivity contribution in [1.29, 1.82) is 0 Å². The number of rotatable bonds is 0. The molecule has 17 heavy (non-hydrogen) atoms. The van der Waals surface area contributed by atoms with E-state index in [4.69, 9.17) is 0 Å². The van der Waals surface area contributed by atoms with Crippen LogP contribution in [0.3, 0.4) is 0 Å². The molecule has 2 fully saturated rings. The lowest BCUT2D eigenvalue weighted by Gasteiger charge is -2.36. The third kappa shape index (κ3) is 5.06. The first-order valence-electron chi connectivity index (χ1n) is 7.69. The monoisotopic (exact) mass is 272 g/mol. The van der Waals surface area contributed by atoms with Gasteiger partial charge in [-0.25, -0.2) is 0 Å². The van der Waals surface area contributed by atoms with Gasteiger partial charge in [-0.1, -0.05) is 57.8 Å². The van der Waals surface area contributed by atoms with Crippen LogP contribution in [0.5, 0.6) is 0 Å². The van der Waals surface area contributed by atoms with Crippen LogP contribution in [0.1, 0.15) is 77.0 Å². The van der Waals surface area contributed by atoms with Crippen molar-refractivity contribution in [2.45, 2.75) is 81.1 Å². The summed E-state index contributed by atoms with van der Waals surface area (Å²) in [6, 6.07) is 0. The molecule has 0 unspecified atom stereocenters. The van der Waals surface area contributed by atoms with E-state index in [0.717, 1.165) is 0 Å². The van der Waals surface area contributed by atoms with Crippen molar-refractivity contribution in [3.8, 4) is 0 Å². The zero-order valence-corrected chi connectivity index (χ0v) is 12.8. The lowest BCUT2D eigenvalue weighted by molar-refractivity contribution is 0.496. The van der Waals surface area contributed by atoms with Gasteiger partial charge in [-0.05, 0) is 30.8 Å². The molecular weight excluding hydrogens is 244 g/mol. The lowest BCUT2D eigenvalue weighted by atomic mass is 10.0. The van der Waals surface area contributed by atoms with Crippen molar-refractivity contribution in [2.24, 2.45) is 0 Å². The smallest absolute Gasteiger partial charge is 0.0611 e. The number of hydrogen-bond donors (Lipinski definition) is 0. The standard InChI is InChI=1S/C15H28S2/c1-2-4-6-8-11-15(12-9-7-5-3-1)16-13-10-14-17-15/h1-14H2. The van der Waals surface area contributed by atoms with E-state index in [1.54, 1.807) is 0 Å². The van der Waals surface area contributed by atoms with Crippen LogP contribution in [0.2, 0.25) is 0 Å². The first-order chi connectivity index (χ1) is 8.41. The molecule has 0 aromatic rings. The van der Waals surface area contributed by atoms with Gasteiger partial charge in [-0.15, -0.1) is 23.5 Å². The van der Waals surface area contributed by atoms with Gasteiger partial charge in [0, 0.05) is 0 Å². The van der Waals surface area contributed by atoms with Crippen molar-refractivity contribution in [2.75, 3.05) is 11.5 Å². The van der Waals surface area contributed by atoms with Crippen LogP contribution < -0.4 is 0 Å². The molecule has 2 aliphatic rings. The van der Waals surface area contributed by atoms with E-state index in [0.29, 0.717) is 4.08 Å². The van der Waals surface area contributed by atoms with Gasteiger partial charge in [0.15, 0.2) is 0 Å². The van der Waals surface area contributed by atoms with Crippen LogP contribution in [0.15, 0.2) is 0 Å². The fourth-order valence-corrected chi connectivity index (χ4v) is 6.55. The van der Waals surface area contributed by atoms with Crippen LogP contribution >= 0.6 is 23.5 Å². The summed E-state index contributed by atoms with van der Waals surface area (Å²) < 4.78 is 0.636. The molecule has 1 heterocycles. The van der Waals surface area contributed by atoms with Crippen molar-refractivity contribution in [3.05, 3.63) is 0 Å². The average Bonchev–Trinajstić information content (AvgIpc) is 2.35. The summed E-state index contributed by atoms with van der Waals surface area (Å²) in [4.78, 5) is 0. The highest BCUT2D eigenvalue weighted by atomic mass is 32.2. The molecule has 100 valence electrons. The Morgan fingerprint density at radius 2 is 0.882 bits per heavy atom. The summed E-state index contributed by atoms with van der Waals surface area (Å²) in [5.74, 6) is 2.85. The molecule has 2 rings (SSSR count). The highest BCUT2D eigenvalue weighted by molar-refractivity contribution is 8.18. The predicted octanol–water partition coefficient (Wildman–Crippen LogP) is 5.86. The Morgan fingerprint density at radius 1 is 0.471 bits per heavy atom. The Morgan fingerprint density at radius 3 is 1.35 bits per heavy atom. The predicted molar refractivity (Wildman–Crippen MR) is 83.1 cm³/mol. The summed E-state index contributed by atoms with van der Waals surface area (Å²) >= 11 is 4.60. The van der Waals surface area contributed by atoms with Crippen molar-refractivity contribution in [1.82, 2.24) is 0 Å². The normalized spacial score (nSPS) is 28.2. The highest BCUT2D eigenvalue weighted by Crippen LogP contribution is 2.49. The third-order valence-electron chi connectivity index (χ3n) is 4.13. The molecule has 0 nitrogen and oxygen atoms in total. The fraction of sp³-hybridized carbons (Fsp3) is 1.00. The maximum absolute atomic E-state index is 2.30. The zero-order chi connectivity index (χ0) is 11.8. The summed E-state index contributed by atoms with van der Waals surface area (Å²) in [6.45, 7) is 0. The first kappa shape index (κ1) is 14.1. The molecule has 0 bridgehead atoms. The third-order valence-corrected chi connectivity index (χ3v) is 7.70. The molecule has 0 amide bonds. The van der Waals surface area contributed by atoms with Crippen LogP contribution in [0.25, 0.3) is 0 Å². The van der Waals surface area contributed by atoms with Gasteiger partial charge in [0.05, 0.1) is 4.08 Å². The van der Waals surface area contributed by atoms with Crippen molar-refractivity contribution in [3.63, 3.8) is 0 Å². The summed E-state index contributed by atoms with van der Waals surface area (Å²) in [5.41, 5.74) is 0. The molecule has 0 atom stereocenters. The van der Waals surface area contributed by atoms with E-state index in [2.05, 4.69) is 23.5 Å². The van der Waals surface area contributed by atoms with Gasteiger partial charge < -0.3 is 0 Å². The lowest BCUT2D eigenvalue weighted by Crippen LogP contribution is -2.25. The molecule has 2 heteroatoms. The molecule has 1 saturated heterocycles. The minimum absolute atomic E-state index is 0.636. The SMILES string of the molecule is C1CCCCCC2(CCCCC1)SCCCS2. The van der Waals surface area contributed by atoms with Gasteiger partial charge in [-0.3, -0.25) is 0 Å². The zero-order valence-electron chi connectivity index (χ0n) is 11.2. The van der Waals surface area contributed by atoms with Crippen LogP contribution in [0, 0.1) is 0 Å². The largest absolute Gasteiger partial charge is 0.144 e. The molecule has 1 aliphatic heterocycles. The Kier molecular flexibility index (Phi) is 6.63. The van der Waals surface area contributed by atoms with Crippen molar-refractivity contribution >= 4 is 23.5 Å². The second-order valence-corrected chi connectivity index (χ2v) is 8.86. The summed E-state index contributed by atoms with van der Waals surface area (Å²) in [5, 5.41) is 0. The molecular formula is C15H28S2. The second kappa shape index (κ2) is 7.99. The Balaban J connectivity index is 1.83. The van der Waals surface area contributed by atoms with E-state index in [1.165, 1.54) is 88.6 Å². The topological polar surface area (TPSA) is 0 Å². The average molecular weight is 273 g/mol. The Bertz CT molecular complexity index is 183. The molecule has 0 aromatic carbocycles. The first-order valence-corrected chi connectivity index (χ1v) is 9.66. The van der Waals surface area contributed by atoms with Gasteiger partial charge in [0.25, 0.3) is 0 Å². The maximum Gasteiger partial charge on any atom is 0.0611 e. The highest BCUT2D eigenvalue weighted by Gasteiger charge is 2.32. The number of hydrogen-bond acceptors (Lipinski definition) is 2. The van der Waals surface area contributed by atoms with Gasteiger partial charge in [-0.2, -0.15) is 0 Å². The fourth-order valence-electron chi connectivity index (χ4n) is 3.06. The molecule has 0 N–H and O–H groups in total. The molecule has 1 saturated carbocycles. The molecule has 0 aromatic heterocycles. The summed E-state index contributed by atoms with van der Waals surface area (Å²) in [7, 11) is 0. The van der Waals surface area contributed by atoms with Gasteiger partial charge >= 0.3 is 0 Å². The minimum atomic E-state index is 0.636. The van der Waals surface area contributed by atoms with E-state index in [9.17, 15) is 0 Å². The van der Waals surface area contributed by atoms with Gasteiger partial charge in [0.2, 0.25) is 0 Å². The van der Waals surface area contributed by atoms with Crippen LogP contribution in [-0.4, -0.2) is 15.6 Å². The quantitative estimate of drug-likeness (QED) is 0.542. The van der Waals surface area contributed by atoms with Crippen molar-refractivity contribution < 1.29 is 0 Å². The molecule has 0 radical (unpaired) electrons. The van der Waals surface area contributed by atoms with Crippen LogP contribution in [-0.2, 0) is 0 Å². The Hall–Kier alpha value is 0.700. The maximum atomic E-state index is 2.30. The summed E-state index contributed by atoms with van der Waals surface area (Å²) in [6.07, 6.45) is 17.8. The van der Waals surface area contributed by atoms with E-state index in [-0.39, 0.29) is 0 Å². The van der Waals surface area contributed by atoms with E-state index >= 15 is 0 Å². The number of thioether (sulfide) groups is 2. The minimum Gasteiger partial charge on any atom is -0.144 e. The Labute approximate surface area is 116 Å². The van der Waals surface area contributed by atoms with E-state index < -0.39 is 0 Å². The second-order valence-electron chi connectivity index (χ2n) is 5.64.